The number of halogens is 1. The highest BCUT2D eigenvalue weighted by Crippen LogP contribution is 2.35. The molecule has 1 aromatic heterocycles. The molecule has 0 unspecified atom stereocenters. The molecule has 5 aromatic rings. The predicted octanol–water partition coefficient (Wildman–Crippen LogP) is 8.04. The third kappa shape index (κ3) is 8.81. The summed E-state index contributed by atoms with van der Waals surface area (Å²) < 4.78 is 17.3. The molecule has 9 nitrogen and oxygen atoms in total. The Bertz CT molecular complexity index is 1960. The van der Waals surface area contributed by atoms with Gasteiger partial charge in [-0.15, -0.1) is 5.10 Å². The third-order valence-corrected chi connectivity index (χ3v) is 8.18. The summed E-state index contributed by atoms with van der Waals surface area (Å²) in [6.07, 6.45) is 4.88. The van der Waals surface area contributed by atoms with E-state index in [2.05, 4.69) is 15.5 Å². The van der Waals surface area contributed by atoms with Crippen LogP contribution in [0.1, 0.15) is 22.5 Å². The van der Waals surface area contributed by atoms with E-state index in [4.69, 9.17) is 25.5 Å². The summed E-state index contributed by atoms with van der Waals surface area (Å²) in [6, 6.07) is 35.0. The molecule has 0 radical (unpaired) electrons. The van der Waals surface area contributed by atoms with Crippen molar-refractivity contribution in [3.8, 4) is 11.5 Å². The van der Waals surface area contributed by atoms with Gasteiger partial charge in [0.25, 0.3) is 11.8 Å². The fourth-order valence-corrected chi connectivity index (χ4v) is 5.65. The first kappa shape index (κ1) is 32.4. The van der Waals surface area contributed by atoms with Crippen molar-refractivity contribution < 1.29 is 23.5 Å². The van der Waals surface area contributed by atoms with Gasteiger partial charge in [0.1, 0.15) is 23.9 Å². The molecule has 0 aliphatic carbocycles. The van der Waals surface area contributed by atoms with Crippen LogP contribution in [0.5, 0.6) is 11.5 Å². The van der Waals surface area contributed by atoms with Crippen molar-refractivity contribution in [2.45, 2.75) is 13.2 Å². The van der Waals surface area contributed by atoms with E-state index in [-0.39, 0.29) is 25.0 Å². The van der Waals surface area contributed by atoms with Crippen LogP contribution in [-0.2, 0) is 22.7 Å². The molecule has 4 aromatic carbocycles. The lowest BCUT2D eigenvalue weighted by molar-refractivity contribution is -0.122. The molecule has 240 valence electrons. The Morgan fingerprint density at radius 1 is 0.917 bits per heavy atom. The number of amidine groups is 1. The van der Waals surface area contributed by atoms with Crippen molar-refractivity contribution >= 4 is 58.3 Å². The maximum atomic E-state index is 13.6. The summed E-state index contributed by atoms with van der Waals surface area (Å²) in [5.74, 6) is 1.14. The van der Waals surface area contributed by atoms with Crippen LogP contribution in [0.2, 0.25) is 5.02 Å². The molecule has 0 bridgehead atoms. The number of nitrogens with one attached hydrogen (secondary N) is 1. The third-order valence-electron chi connectivity index (χ3n) is 6.93. The zero-order valence-corrected chi connectivity index (χ0v) is 27.1. The van der Waals surface area contributed by atoms with Crippen molar-refractivity contribution in [2.24, 2.45) is 10.2 Å². The van der Waals surface area contributed by atoms with Gasteiger partial charge in [-0.05, 0) is 83.6 Å². The number of para-hydroxylation sites is 1. The monoisotopic (exact) mass is 676 g/mol. The number of carbonyl (C=O) groups excluding carboxylic acids is 2. The zero-order chi connectivity index (χ0) is 33.1. The minimum absolute atomic E-state index is 0.177. The molecule has 0 spiro atoms. The van der Waals surface area contributed by atoms with Gasteiger partial charge in [0.15, 0.2) is 11.8 Å². The van der Waals surface area contributed by atoms with E-state index in [9.17, 15) is 9.59 Å². The van der Waals surface area contributed by atoms with Gasteiger partial charge >= 0.3 is 0 Å². The van der Waals surface area contributed by atoms with Gasteiger partial charge in [-0.25, -0.2) is 0 Å². The van der Waals surface area contributed by atoms with E-state index in [0.29, 0.717) is 50.2 Å². The van der Waals surface area contributed by atoms with Gasteiger partial charge in [-0.3, -0.25) is 14.5 Å². The number of furan rings is 1. The van der Waals surface area contributed by atoms with E-state index in [1.165, 1.54) is 16.7 Å². The Labute approximate surface area is 286 Å². The lowest BCUT2D eigenvalue weighted by Gasteiger charge is -2.12. The van der Waals surface area contributed by atoms with Crippen LogP contribution in [0.4, 0.5) is 5.69 Å². The fourth-order valence-electron chi connectivity index (χ4n) is 4.60. The summed E-state index contributed by atoms with van der Waals surface area (Å²) in [5, 5.41) is 12.4. The maximum absolute atomic E-state index is 13.6. The molecule has 1 aliphatic heterocycles. The fraction of sp³-hybridized carbons (Fsp3) is 0.0811. The van der Waals surface area contributed by atoms with Gasteiger partial charge < -0.3 is 19.2 Å². The number of thioether (sulfide) groups is 1. The van der Waals surface area contributed by atoms with Crippen molar-refractivity contribution in [3.63, 3.8) is 0 Å². The highest BCUT2D eigenvalue weighted by molar-refractivity contribution is 8.18. The van der Waals surface area contributed by atoms with Crippen molar-refractivity contribution in [1.82, 2.24) is 4.90 Å². The Morgan fingerprint density at radius 3 is 2.54 bits per heavy atom. The molecule has 6 rings (SSSR count). The second-order valence-corrected chi connectivity index (χ2v) is 11.9. The molecule has 1 aliphatic rings. The highest BCUT2D eigenvalue weighted by Gasteiger charge is 2.34. The van der Waals surface area contributed by atoms with Crippen LogP contribution < -0.4 is 14.8 Å². The quantitative estimate of drug-likeness (QED) is 0.0815. The molecule has 2 amide bonds. The predicted molar refractivity (Wildman–Crippen MR) is 189 cm³/mol. The van der Waals surface area contributed by atoms with Crippen LogP contribution >= 0.6 is 23.4 Å². The number of carbonyl (C=O) groups is 2. The molecule has 0 saturated carbocycles. The van der Waals surface area contributed by atoms with Gasteiger partial charge in [-0.2, -0.15) is 5.10 Å². The lowest BCUT2D eigenvalue weighted by atomic mass is 10.2. The number of ether oxygens (including phenoxy) is 2. The highest BCUT2D eigenvalue weighted by atomic mass is 35.5. The number of rotatable bonds is 12. The normalized spacial score (nSPS) is 14.6. The number of hydrogen-bond donors (Lipinski definition) is 1. The zero-order valence-electron chi connectivity index (χ0n) is 25.5. The van der Waals surface area contributed by atoms with Gasteiger partial charge in [-0.1, -0.05) is 72.3 Å². The lowest BCUT2D eigenvalue weighted by Crippen LogP contribution is -2.28. The number of hydrogen-bond acceptors (Lipinski definition) is 8. The van der Waals surface area contributed by atoms with E-state index in [1.807, 2.05) is 66.7 Å². The summed E-state index contributed by atoms with van der Waals surface area (Å²) >= 11 is 7.11. The molecular formula is C37H29ClN4O5S. The van der Waals surface area contributed by atoms with Crippen molar-refractivity contribution in [1.29, 1.82) is 0 Å². The first-order valence-corrected chi connectivity index (χ1v) is 16.1. The molecule has 1 fully saturated rings. The average Bonchev–Trinajstić information content (AvgIpc) is 3.73. The molecule has 48 heavy (non-hydrogen) atoms. The molecular weight excluding hydrogens is 648 g/mol. The summed E-state index contributed by atoms with van der Waals surface area (Å²) in [6.45, 7) is 0.398. The Hall–Kier alpha value is -5.58. The molecule has 0 atom stereocenters. The Kier molecular flexibility index (Phi) is 10.7. The van der Waals surface area contributed by atoms with E-state index in [1.54, 1.807) is 67.1 Å². The molecule has 2 heterocycles. The SMILES string of the molecule is O=C(COc1ccccc1/C=C1\S/C(=N/N=C\c2cccc(OCc3ccccc3)c2)N(Cc2ccco2)C1=O)Nc1ccc(Cl)cc1. The largest absolute Gasteiger partial charge is 0.489 e. The van der Waals surface area contributed by atoms with E-state index in [0.717, 1.165) is 11.1 Å². The molecule has 1 saturated heterocycles. The minimum Gasteiger partial charge on any atom is -0.489 e. The second-order valence-electron chi connectivity index (χ2n) is 10.4. The summed E-state index contributed by atoms with van der Waals surface area (Å²) in [5.41, 5.74) is 3.09. The van der Waals surface area contributed by atoms with Gasteiger partial charge in [0, 0.05) is 16.3 Å². The number of amides is 2. The second kappa shape index (κ2) is 15.8. The first-order chi connectivity index (χ1) is 23.5. The van der Waals surface area contributed by atoms with Crippen LogP contribution in [0.25, 0.3) is 6.08 Å². The summed E-state index contributed by atoms with van der Waals surface area (Å²) in [7, 11) is 0. The van der Waals surface area contributed by atoms with Crippen molar-refractivity contribution in [3.05, 3.63) is 154 Å². The maximum Gasteiger partial charge on any atom is 0.267 e. The van der Waals surface area contributed by atoms with E-state index < -0.39 is 0 Å². The number of anilines is 1. The van der Waals surface area contributed by atoms with Crippen LogP contribution in [-0.4, -0.2) is 34.7 Å². The van der Waals surface area contributed by atoms with Crippen LogP contribution in [0.15, 0.2) is 141 Å². The van der Waals surface area contributed by atoms with Crippen molar-refractivity contribution in [2.75, 3.05) is 11.9 Å². The smallest absolute Gasteiger partial charge is 0.267 e. The summed E-state index contributed by atoms with van der Waals surface area (Å²) in [4.78, 5) is 28.1. The van der Waals surface area contributed by atoms with E-state index >= 15 is 0 Å². The average molecular weight is 677 g/mol. The number of benzene rings is 4. The Morgan fingerprint density at radius 2 is 1.73 bits per heavy atom. The topological polar surface area (TPSA) is 106 Å². The Balaban J connectivity index is 1.16. The number of nitrogens with zero attached hydrogens (tertiary/aromatic N) is 3. The van der Waals surface area contributed by atoms with Gasteiger partial charge in [0.05, 0.1) is 23.9 Å². The van der Waals surface area contributed by atoms with Crippen LogP contribution in [0, 0.1) is 0 Å². The van der Waals surface area contributed by atoms with Crippen LogP contribution in [0.3, 0.4) is 0 Å². The molecule has 1 N–H and O–H groups in total. The minimum atomic E-state index is -0.337. The molecule has 11 heteroatoms. The standard InChI is InChI=1S/C37H29ClN4O5S/c38-29-15-17-30(18-16-29)40-35(43)25-47-33-14-5-4-11-28(33)21-34-36(44)42(23-32-13-7-19-45-32)37(48-34)41-39-22-27-10-6-12-31(20-27)46-24-26-8-2-1-3-9-26/h1-22H,23-25H2,(H,40,43)/b34-21-,39-22-,41-37+. The van der Waals surface area contributed by atoms with Gasteiger partial charge in [0.2, 0.25) is 0 Å². The first-order valence-electron chi connectivity index (χ1n) is 14.9.